The molecule has 1 aromatic carbocycles. The molecule has 0 saturated carbocycles. The van der Waals surface area contributed by atoms with E-state index in [0.29, 0.717) is 13.1 Å². The SMILES string of the molecule is COc1n[nH]c(C(=O)N2CCN(Cc3cccc(F)c3F)CC2)c1[N+](=O)[O-]. The molecular weight excluding hydrogens is 364 g/mol. The van der Waals surface area contributed by atoms with Crippen LogP contribution in [0.15, 0.2) is 18.2 Å². The van der Waals surface area contributed by atoms with E-state index in [1.54, 1.807) is 0 Å². The predicted molar refractivity (Wildman–Crippen MR) is 89.3 cm³/mol. The van der Waals surface area contributed by atoms with E-state index in [0.717, 1.165) is 6.07 Å². The molecule has 3 rings (SSSR count). The zero-order valence-electron chi connectivity index (χ0n) is 14.4. The number of H-pyrrole nitrogens is 1. The van der Waals surface area contributed by atoms with Crippen molar-refractivity contribution in [2.75, 3.05) is 33.3 Å². The fourth-order valence-electron chi connectivity index (χ4n) is 2.96. The lowest BCUT2D eigenvalue weighted by molar-refractivity contribution is -0.386. The molecule has 0 bridgehead atoms. The Hall–Kier alpha value is -3.08. The summed E-state index contributed by atoms with van der Waals surface area (Å²) in [5.74, 6) is -2.60. The Morgan fingerprint density at radius 3 is 2.67 bits per heavy atom. The van der Waals surface area contributed by atoms with Crippen molar-refractivity contribution in [3.63, 3.8) is 0 Å². The zero-order chi connectivity index (χ0) is 19.6. The van der Waals surface area contributed by atoms with E-state index in [1.807, 2.05) is 4.90 Å². The maximum atomic E-state index is 13.8. The van der Waals surface area contributed by atoms with Crippen LogP contribution in [0, 0.1) is 21.7 Å². The van der Waals surface area contributed by atoms with Crippen molar-refractivity contribution < 1.29 is 23.2 Å². The summed E-state index contributed by atoms with van der Waals surface area (Å²) in [6.45, 7) is 1.62. The average Bonchev–Trinajstić information content (AvgIpc) is 3.10. The van der Waals surface area contributed by atoms with Crippen LogP contribution in [0.25, 0.3) is 0 Å². The van der Waals surface area contributed by atoms with Crippen LogP contribution in [0.3, 0.4) is 0 Å². The molecule has 9 nitrogen and oxygen atoms in total. The molecule has 144 valence electrons. The Morgan fingerprint density at radius 2 is 2.04 bits per heavy atom. The molecule has 1 saturated heterocycles. The second kappa shape index (κ2) is 7.66. The van der Waals surface area contributed by atoms with Gasteiger partial charge in [0.2, 0.25) is 5.69 Å². The van der Waals surface area contributed by atoms with Crippen LogP contribution in [0.2, 0.25) is 0 Å². The van der Waals surface area contributed by atoms with Crippen LogP contribution in [0.5, 0.6) is 5.88 Å². The number of nitrogens with zero attached hydrogens (tertiary/aromatic N) is 4. The van der Waals surface area contributed by atoms with Crippen molar-refractivity contribution >= 4 is 11.6 Å². The molecule has 0 atom stereocenters. The minimum atomic E-state index is -0.901. The van der Waals surface area contributed by atoms with Gasteiger partial charge in [-0.25, -0.2) is 8.78 Å². The highest BCUT2D eigenvalue weighted by molar-refractivity contribution is 5.97. The number of hydrogen-bond acceptors (Lipinski definition) is 6. The number of halogens is 2. The number of aromatic amines is 1. The van der Waals surface area contributed by atoms with Gasteiger partial charge in [0, 0.05) is 38.3 Å². The Kier molecular flexibility index (Phi) is 5.31. The third kappa shape index (κ3) is 3.72. The van der Waals surface area contributed by atoms with Gasteiger partial charge in [0.05, 0.1) is 12.0 Å². The molecule has 0 spiro atoms. The largest absolute Gasteiger partial charge is 0.475 e. The number of benzene rings is 1. The van der Waals surface area contributed by atoms with E-state index in [2.05, 4.69) is 10.2 Å². The van der Waals surface area contributed by atoms with Crippen molar-refractivity contribution in [2.45, 2.75) is 6.54 Å². The number of nitrogens with one attached hydrogen (secondary N) is 1. The highest BCUT2D eigenvalue weighted by Crippen LogP contribution is 2.29. The van der Waals surface area contributed by atoms with Gasteiger partial charge >= 0.3 is 11.6 Å². The molecule has 1 aliphatic rings. The second-order valence-electron chi connectivity index (χ2n) is 5.99. The normalized spacial score (nSPS) is 15.0. The first-order valence-corrected chi connectivity index (χ1v) is 8.13. The summed E-state index contributed by atoms with van der Waals surface area (Å²) in [4.78, 5) is 26.4. The second-order valence-corrected chi connectivity index (χ2v) is 5.99. The van der Waals surface area contributed by atoms with Gasteiger partial charge in [-0.2, -0.15) is 0 Å². The molecule has 1 amide bonds. The van der Waals surface area contributed by atoms with Crippen molar-refractivity contribution in [1.29, 1.82) is 0 Å². The highest BCUT2D eigenvalue weighted by Gasteiger charge is 2.34. The zero-order valence-corrected chi connectivity index (χ0v) is 14.4. The number of methoxy groups -OCH3 is 1. The van der Waals surface area contributed by atoms with Gasteiger partial charge in [-0.05, 0) is 6.07 Å². The molecule has 0 aliphatic carbocycles. The molecule has 1 fully saturated rings. The Morgan fingerprint density at radius 1 is 1.33 bits per heavy atom. The van der Waals surface area contributed by atoms with E-state index >= 15 is 0 Å². The molecule has 27 heavy (non-hydrogen) atoms. The van der Waals surface area contributed by atoms with E-state index in [9.17, 15) is 23.7 Å². The van der Waals surface area contributed by atoms with E-state index < -0.39 is 28.2 Å². The monoisotopic (exact) mass is 381 g/mol. The smallest absolute Gasteiger partial charge is 0.362 e. The van der Waals surface area contributed by atoms with E-state index in [4.69, 9.17) is 4.74 Å². The van der Waals surface area contributed by atoms with Crippen LogP contribution < -0.4 is 4.74 Å². The van der Waals surface area contributed by atoms with Gasteiger partial charge < -0.3 is 9.64 Å². The molecule has 1 aliphatic heterocycles. The number of aromatic nitrogens is 2. The van der Waals surface area contributed by atoms with Gasteiger partial charge in [-0.3, -0.25) is 24.9 Å². The number of rotatable bonds is 5. The Balaban J connectivity index is 1.66. The van der Waals surface area contributed by atoms with Crippen LogP contribution in [-0.4, -0.2) is 64.1 Å². The summed E-state index contributed by atoms with van der Waals surface area (Å²) in [6, 6.07) is 4.01. The van der Waals surface area contributed by atoms with Crippen LogP contribution in [-0.2, 0) is 6.54 Å². The minimum Gasteiger partial charge on any atom is -0.475 e. The lowest BCUT2D eigenvalue weighted by Crippen LogP contribution is -2.48. The number of nitro groups is 1. The molecule has 1 N–H and O–H groups in total. The van der Waals surface area contributed by atoms with Crippen molar-refractivity contribution in [3.8, 4) is 5.88 Å². The fourth-order valence-corrected chi connectivity index (χ4v) is 2.96. The maximum Gasteiger partial charge on any atom is 0.362 e. The van der Waals surface area contributed by atoms with Gasteiger partial charge in [0.1, 0.15) is 0 Å². The average molecular weight is 381 g/mol. The third-order valence-electron chi connectivity index (χ3n) is 4.38. The van der Waals surface area contributed by atoms with Gasteiger partial charge in [-0.1, -0.05) is 12.1 Å². The first kappa shape index (κ1) is 18.7. The van der Waals surface area contributed by atoms with E-state index in [1.165, 1.54) is 24.1 Å². The van der Waals surface area contributed by atoms with Gasteiger partial charge in [-0.15, -0.1) is 5.10 Å². The van der Waals surface area contributed by atoms with Crippen LogP contribution in [0.1, 0.15) is 16.1 Å². The predicted octanol–water partition coefficient (Wildman–Crippen LogP) is 1.56. The first-order chi connectivity index (χ1) is 12.9. The Labute approximate surface area is 152 Å². The number of carbonyl (C=O) groups is 1. The number of amides is 1. The van der Waals surface area contributed by atoms with Crippen LogP contribution in [0.4, 0.5) is 14.5 Å². The maximum absolute atomic E-state index is 13.8. The molecule has 0 radical (unpaired) electrons. The number of hydrogen-bond donors (Lipinski definition) is 1. The topological polar surface area (TPSA) is 105 Å². The van der Waals surface area contributed by atoms with Crippen molar-refractivity contribution in [2.24, 2.45) is 0 Å². The lowest BCUT2D eigenvalue weighted by Gasteiger charge is -2.34. The molecule has 2 aromatic rings. The number of ether oxygens (including phenoxy) is 1. The molecular formula is C16H17F2N5O4. The molecule has 0 unspecified atom stereocenters. The fraction of sp³-hybridized carbons (Fsp3) is 0.375. The number of piperazine rings is 1. The lowest BCUT2D eigenvalue weighted by atomic mass is 10.1. The molecule has 2 heterocycles. The summed E-state index contributed by atoms with van der Waals surface area (Å²) in [5, 5.41) is 17.2. The quantitative estimate of drug-likeness (QED) is 0.623. The molecule has 1 aromatic heterocycles. The van der Waals surface area contributed by atoms with Gasteiger partial charge in [0.15, 0.2) is 11.6 Å². The summed E-state index contributed by atoms with van der Waals surface area (Å²) in [5.41, 5.74) is -0.517. The minimum absolute atomic E-state index is 0.212. The number of carbonyl (C=O) groups excluding carboxylic acids is 1. The summed E-state index contributed by atoms with van der Waals surface area (Å²) < 4.78 is 31.9. The Bertz CT molecular complexity index is 864. The standard InChI is InChI=1S/C16H17F2N5O4/c1-27-15-14(23(25)26)13(19-20-15)16(24)22-7-5-21(6-8-22)9-10-3-2-4-11(17)12(10)18/h2-4H,5-9H2,1H3,(H,19,20). The van der Waals surface area contributed by atoms with Gasteiger partial charge in [0.25, 0.3) is 5.91 Å². The van der Waals surface area contributed by atoms with Crippen molar-refractivity contribution in [3.05, 3.63) is 51.2 Å². The van der Waals surface area contributed by atoms with E-state index in [-0.39, 0.29) is 36.8 Å². The van der Waals surface area contributed by atoms with Crippen molar-refractivity contribution in [1.82, 2.24) is 20.0 Å². The summed E-state index contributed by atoms with van der Waals surface area (Å²) >= 11 is 0. The summed E-state index contributed by atoms with van der Waals surface area (Å²) in [7, 11) is 1.22. The third-order valence-corrected chi connectivity index (χ3v) is 4.38. The highest BCUT2D eigenvalue weighted by atomic mass is 19.2. The first-order valence-electron chi connectivity index (χ1n) is 8.13. The van der Waals surface area contributed by atoms with Crippen LogP contribution >= 0.6 is 0 Å². The summed E-state index contributed by atoms with van der Waals surface area (Å²) in [6.07, 6.45) is 0. The molecule has 11 heteroatoms.